The third kappa shape index (κ3) is 7.64. The molecule has 4 aromatic rings. The third-order valence-corrected chi connectivity index (χ3v) is 15.4. The Kier molecular flexibility index (Phi) is 11.6. The average molecular weight is 763 g/mol. The number of ketones is 1. The molecule has 0 unspecified atom stereocenters. The number of benzene rings is 4. The van der Waals surface area contributed by atoms with Gasteiger partial charge in [0.05, 0.1) is 24.6 Å². The number of hydrogen-bond donors (Lipinski definition) is 1. The van der Waals surface area contributed by atoms with Crippen molar-refractivity contribution in [2.75, 3.05) is 13.2 Å². The highest BCUT2D eigenvalue weighted by atomic mass is 31.2. The lowest BCUT2D eigenvalue weighted by molar-refractivity contribution is -0.155. The Labute approximate surface area is 318 Å². The summed E-state index contributed by atoms with van der Waals surface area (Å²) in [5, 5.41) is 13.9. The lowest BCUT2D eigenvalue weighted by atomic mass is 9.79. The van der Waals surface area contributed by atoms with Gasteiger partial charge in [-0.25, -0.2) is 9.59 Å². The first-order valence-electron chi connectivity index (χ1n) is 18.2. The molecule has 54 heavy (non-hydrogen) atoms. The lowest BCUT2D eigenvalue weighted by Crippen LogP contribution is -2.69. The summed E-state index contributed by atoms with van der Waals surface area (Å²) in [5.74, 6) is -2.57. The molecule has 0 spiro atoms. The fraction of sp³-hybridized carbons (Fsp3) is 0.279. The molecule has 6 rings (SSSR count). The predicted octanol–water partition coefficient (Wildman–Crippen LogP) is 6.22. The molecule has 2 heterocycles. The van der Waals surface area contributed by atoms with Crippen LogP contribution in [0.4, 0.5) is 4.79 Å². The van der Waals surface area contributed by atoms with Gasteiger partial charge in [0.15, 0.2) is 14.1 Å². The lowest BCUT2D eigenvalue weighted by Gasteiger charge is -2.52. The molecule has 2 saturated heterocycles. The zero-order chi connectivity index (χ0) is 38.6. The molecule has 1 N–H and O–H groups in total. The topological polar surface area (TPSA) is 113 Å². The van der Waals surface area contributed by atoms with E-state index in [1.54, 1.807) is 23.1 Å². The molecule has 2 fully saturated rings. The number of aliphatic carboxylic acids is 1. The van der Waals surface area contributed by atoms with E-state index >= 15 is 0 Å². The van der Waals surface area contributed by atoms with Gasteiger partial charge in [-0.3, -0.25) is 9.59 Å². The number of nitrogens with zero attached hydrogens (tertiary/aromatic N) is 2. The number of rotatable bonds is 15. The first kappa shape index (κ1) is 38.7. The van der Waals surface area contributed by atoms with Gasteiger partial charge in [0.2, 0.25) is 5.91 Å². The summed E-state index contributed by atoms with van der Waals surface area (Å²) in [6.45, 7) is 9.85. The second-order valence-electron chi connectivity index (χ2n) is 14.7. The summed E-state index contributed by atoms with van der Waals surface area (Å²) >= 11 is 0. The van der Waals surface area contributed by atoms with Gasteiger partial charge in [0.25, 0.3) is 0 Å². The molecule has 2 amide bonds. The van der Waals surface area contributed by atoms with E-state index in [0.717, 1.165) is 27.0 Å². The van der Waals surface area contributed by atoms with Crippen LogP contribution < -0.4 is 15.9 Å². The number of β-lactam (4-membered cyclic amide) rings is 1. The summed E-state index contributed by atoms with van der Waals surface area (Å²) < 4.78 is 11.5. The molecular formula is C43H47N2O7PSi. The number of carbonyl (C=O) groups is 4. The van der Waals surface area contributed by atoms with Crippen LogP contribution in [0.3, 0.4) is 0 Å². The number of carbonyl (C=O) groups excluding carboxylic acids is 3. The van der Waals surface area contributed by atoms with Gasteiger partial charge >= 0.3 is 12.1 Å². The standard InChI is InChI=1S/C43H47N2O7PSi/c1-6-15-33-16-13-14-21-38(33)53(34-17-9-7-10-18-34,35-19-11-8-12-20-35)41(42(48)49)45-36(39(40(45)47)30(2)52-54(3,4)5)28-37(46)32-24-22-31(23-25-32)29-44-26-27-51-43(44)50/h6-14,16-25,30,36,39H,1,15,26-29H2,2-5H3,(H,48,49)/t30-,36-,39-/m1/s1. The van der Waals surface area contributed by atoms with E-state index in [-0.39, 0.29) is 29.6 Å². The predicted molar refractivity (Wildman–Crippen MR) is 217 cm³/mol. The van der Waals surface area contributed by atoms with Crippen LogP contribution >= 0.6 is 6.89 Å². The van der Waals surface area contributed by atoms with E-state index in [0.29, 0.717) is 31.7 Å². The minimum Gasteiger partial charge on any atom is -0.477 e. The molecule has 11 heteroatoms. The van der Waals surface area contributed by atoms with Crippen molar-refractivity contribution >= 4 is 60.3 Å². The molecule has 0 aliphatic carbocycles. The Balaban J connectivity index is 1.55. The Morgan fingerprint density at radius 1 is 0.926 bits per heavy atom. The van der Waals surface area contributed by atoms with Crippen LogP contribution in [0.1, 0.15) is 34.8 Å². The summed E-state index contributed by atoms with van der Waals surface area (Å²) in [6, 6.07) is 33.2. The molecule has 9 nitrogen and oxygen atoms in total. The van der Waals surface area contributed by atoms with E-state index in [1.165, 1.54) is 4.90 Å². The SMILES string of the molecule is C=CCc1ccccc1P(=C(C(=O)O)N1C(=O)[C@H]([C@@H](C)O[Si](C)(C)C)[C@H]1CC(=O)c1ccc(CN2CCOC2=O)cc1)(c1ccccc1)c1ccccc1. The second-order valence-corrected chi connectivity index (χ2v) is 22.4. The number of allylic oxidation sites excluding steroid dienone is 1. The van der Waals surface area contributed by atoms with Crippen molar-refractivity contribution in [3.8, 4) is 0 Å². The summed E-state index contributed by atoms with van der Waals surface area (Å²) in [5.41, 5.74) is 2.14. The number of likely N-dealkylation sites (tertiary alicyclic amines) is 1. The number of carboxylic acid groups (broad SMARTS) is 1. The van der Waals surface area contributed by atoms with Gasteiger partial charge in [-0.05, 0) is 60.0 Å². The molecule has 3 atom stereocenters. The fourth-order valence-electron chi connectivity index (χ4n) is 7.75. The Hall–Kier alpha value is -5.02. The van der Waals surface area contributed by atoms with Crippen LogP contribution in [0, 0.1) is 5.92 Å². The van der Waals surface area contributed by atoms with Crippen LogP contribution in [0.5, 0.6) is 0 Å². The minimum atomic E-state index is -3.33. The molecule has 0 saturated carbocycles. The van der Waals surface area contributed by atoms with Crippen LogP contribution in [0.2, 0.25) is 19.6 Å². The molecule has 2 aliphatic rings. The monoisotopic (exact) mass is 762 g/mol. The van der Waals surface area contributed by atoms with Crippen molar-refractivity contribution in [3.05, 3.63) is 139 Å². The van der Waals surface area contributed by atoms with Crippen LogP contribution in [0.25, 0.3) is 0 Å². The van der Waals surface area contributed by atoms with E-state index in [2.05, 4.69) is 6.58 Å². The average Bonchev–Trinajstić information content (AvgIpc) is 3.55. The quantitative estimate of drug-likeness (QED) is 0.0504. The summed E-state index contributed by atoms with van der Waals surface area (Å²) in [7, 11) is -2.16. The van der Waals surface area contributed by atoms with Crippen LogP contribution in [-0.2, 0) is 31.7 Å². The van der Waals surface area contributed by atoms with Gasteiger partial charge in [-0.1, -0.05) is 115 Å². The fourth-order valence-corrected chi connectivity index (χ4v) is 13.6. The Bertz CT molecular complexity index is 2050. The van der Waals surface area contributed by atoms with Crippen LogP contribution in [-0.4, -0.2) is 77.7 Å². The van der Waals surface area contributed by atoms with Gasteiger partial charge in [-0.2, -0.15) is 0 Å². The zero-order valence-corrected chi connectivity index (χ0v) is 33.1. The maximum Gasteiger partial charge on any atom is 0.410 e. The smallest absolute Gasteiger partial charge is 0.410 e. The summed E-state index contributed by atoms with van der Waals surface area (Å²) in [4.78, 5) is 58.2. The first-order chi connectivity index (χ1) is 25.9. The third-order valence-electron chi connectivity index (χ3n) is 9.94. The molecule has 280 valence electrons. The summed E-state index contributed by atoms with van der Waals surface area (Å²) in [6.07, 6.45) is 1.26. The van der Waals surface area contributed by atoms with Crippen molar-refractivity contribution in [2.45, 2.75) is 58.1 Å². The van der Waals surface area contributed by atoms with Gasteiger partial charge in [-0.15, -0.1) is 6.58 Å². The van der Waals surface area contributed by atoms with E-state index in [1.807, 2.05) is 124 Å². The first-order valence-corrected chi connectivity index (χ1v) is 23.4. The van der Waals surface area contributed by atoms with Crippen molar-refractivity contribution in [1.29, 1.82) is 0 Å². The molecular weight excluding hydrogens is 716 g/mol. The number of cyclic esters (lactones) is 1. The highest BCUT2D eigenvalue weighted by Gasteiger charge is 2.56. The largest absolute Gasteiger partial charge is 0.477 e. The van der Waals surface area contributed by atoms with Crippen LogP contribution in [0.15, 0.2) is 122 Å². The number of ether oxygens (including phenoxy) is 1. The van der Waals surface area contributed by atoms with E-state index < -0.39 is 39.2 Å². The molecule has 0 aromatic heterocycles. The molecule has 2 aliphatic heterocycles. The second kappa shape index (κ2) is 16.1. The number of Topliss-reactive ketones (excluding diaryl/α,β-unsaturated/α-hetero) is 1. The van der Waals surface area contributed by atoms with Crippen molar-refractivity contribution in [3.63, 3.8) is 0 Å². The normalized spacial score (nSPS) is 17.8. The maximum atomic E-state index is 14.8. The van der Waals surface area contributed by atoms with Gasteiger partial charge in [0, 0.05) is 25.4 Å². The highest BCUT2D eigenvalue weighted by molar-refractivity contribution is 7.96. The number of amides is 2. The number of hydrogen-bond acceptors (Lipinski definition) is 6. The van der Waals surface area contributed by atoms with E-state index in [9.17, 15) is 24.3 Å². The van der Waals surface area contributed by atoms with Crippen molar-refractivity contribution in [1.82, 2.24) is 9.80 Å². The molecule has 4 aromatic carbocycles. The highest BCUT2D eigenvalue weighted by Crippen LogP contribution is 2.51. The Morgan fingerprint density at radius 3 is 2.06 bits per heavy atom. The minimum absolute atomic E-state index is 0.0384. The maximum absolute atomic E-state index is 14.8. The van der Waals surface area contributed by atoms with Crippen molar-refractivity contribution < 1.29 is 33.4 Å². The Morgan fingerprint density at radius 2 is 1.52 bits per heavy atom. The molecule has 0 bridgehead atoms. The van der Waals surface area contributed by atoms with Crippen molar-refractivity contribution in [2.24, 2.45) is 5.92 Å². The van der Waals surface area contributed by atoms with Gasteiger partial charge in [0.1, 0.15) is 12.0 Å². The van der Waals surface area contributed by atoms with E-state index in [4.69, 9.17) is 9.16 Å². The molecule has 0 radical (unpaired) electrons. The number of carboxylic acids is 1. The van der Waals surface area contributed by atoms with Gasteiger partial charge < -0.3 is 24.1 Å². The zero-order valence-electron chi connectivity index (χ0n) is 31.2.